The second-order valence-corrected chi connectivity index (χ2v) is 9.48. The van der Waals surface area contributed by atoms with E-state index >= 15 is 0 Å². The Morgan fingerprint density at radius 2 is 1.90 bits per heavy atom. The van der Waals surface area contributed by atoms with Crippen molar-refractivity contribution in [1.29, 1.82) is 0 Å². The number of halogens is 4. The third-order valence-electron chi connectivity index (χ3n) is 6.71. The minimum atomic E-state index is -4.46. The smallest absolute Gasteiger partial charge is 0.394 e. The molecule has 13 heteroatoms. The van der Waals surface area contributed by atoms with Crippen LogP contribution in [0.2, 0.25) is 0 Å². The van der Waals surface area contributed by atoms with Crippen LogP contribution in [0.5, 0.6) is 0 Å². The first-order valence-electron chi connectivity index (χ1n) is 12.2. The van der Waals surface area contributed by atoms with Crippen molar-refractivity contribution in [2.75, 3.05) is 11.9 Å². The predicted octanol–water partition coefficient (Wildman–Crippen LogP) is 4.13. The third kappa shape index (κ3) is 5.53. The molecular formula is C26H24F4N6O3. The number of carbonyl (C=O) groups is 1. The predicted molar refractivity (Wildman–Crippen MR) is 130 cm³/mol. The molecular weight excluding hydrogens is 520 g/mol. The number of aromatic nitrogens is 5. The van der Waals surface area contributed by atoms with E-state index in [1.807, 2.05) is 13.1 Å². The molecule has 3 heterocycles. The van der Waals surface area contributed by atoms with Gasteiger partial charge in [0.05, 0.1) is 25.3 Å². The summed E-state index contributed by atoms with van der Waals surface area (Å²) in [7, 11) is 0. The molecule has 1 aromatic carbocycles. The summed E-state index contributed by atoms with van der Waals surface area (Å²) in [5, 5.41) is 19.3. The number of carbonyl (C=O) groups excluding carboxylic acids is 1. The van der Waals surface area contributed by atoms with Gasteiger partial charge in [-0.05, 0) is 37.0 Å². The molecule has 0 unspecified atom stereocenters. The van der Waals surface area contributed by atoms with Crippen LogP contribution >= 0.6 is 0 Å². The van der Waals surface area contributed by atoms with Crippen LogP contribution in [0.25, 0.3) is 11.1 Å². The molecule has 204 valence electrons. The van der Waals surface area contributed by atoms with Gasteiger partial charge in [-0.3, -0.25) is 9.48 Å². The lowest BCUT2D eigenvalue weighted by atomic mass is 10.0. The number of rotatable bonds is 9. The standard InChI is InChI=1S/C26H24F4N6O3/c1-15-18(14-36(34-15)6-7-37)9-22-31-12-19(13-32-22)16-2-3-17(20(27)8-16)10-24(38)33-23-11-21(39-35-23)25(4-5-25)26(28,29)30/h2-3,8,11-14,37H,4-7,9-10H2,1H3,(H,33,35,38). The van der Waals surface area contributed by atoms with Crippen molar-refractivity contribution in [2.45, 2.75) is 50.7 Å². The Balaban J connectivity index is 1.21. The number of nitrogens with zero attached hydrogens (tertiary/aromatic N) is 5. The summed E-state index contributed by atoms with van der Waals surface area (Å²) in [6.07, 6.45) is 0.429. The monoisotopic (exact) mass is 544 g/mol. The van der Waals surface area contributed by atoms with Crippen LogP contribution in [-0.4, -0.2) is 48.7 Å². The molecule has 1 saturated carbocycles. The van der Waals surface area contributed by atoms with Gasteiger partial charge in [0.1, 0.15) is 17.1 Å². The molecule has 0 spiro atoms. The molecule has 1 aliphatic carbocycles. The van der Waals surface area contributed by atoms with E-state index in [0.29, 0.717) is 29.9 Å². The first kappa shape index (κ1) is 26.5. The molecule has 1 fully saturated rings. The fraction of sp³-hybridized carbons (Fsp3) is 0.346. The van der Waals surface area contributed by atoms with Crippen molar-refractivity contribution in [3.63, 3.8) is 0 Å². The van der Waals surface area contributed by atoms with E-state index in [2.05, 4.69) is 25.5 Å². The number of anilines is 1. The van der Waals surface area contributed by atoms with Crippen molar-refractivity contribution < 1.29 is 32.0 Å². The lowest BCUT2D eigenvalue weighted by Crippen LogP contribution is -2.28. The zero-order chi connectivity index (χ0) is 27.8. The zero-order valence-corrected chi connectivity index (χ0v) is 20.8. The van der Waals surface area contributed by atoms with Crippen LogP contribution in [0.4, 0.5) is 23.4 Å². The van der Waals surface area contributed by atoms with Gasteiger partial charge in [-0.15, -0.1) is 0 Å². The van der Waals surface area contributed by atoms with Crippen LogP contribution in [0.3, 0.4) is 0 Å². The van der Waals surface area contributed by atoms with Crippen molar-refractivity contribution in [3.8, 4) is 11.1 Å². The Kier molecular flexibility index (Phi) is 6.93. The molecule has 0 saturated heterocycles. The first-order chi connectivity index (χ1) is 18.6. The number of benzene rings is 1. The van der Waals surface area contributed by atoms with Gasteiger partial charge in [-0.2, -0.15) is 18.3 Å². The van der Waals surface area contributed by atoms with E-state index in [9.17, 15) is 22.4 Å². The number of hydrogen-bond acceptors (Lipinski definition) is 7. The Morgan fingerprint density at radius 3 is 2.54 bits per heavy atom. The topological polar surface area (TPSA) is 119 Å². The van der Waals surface area contributed by atoms with Crippen LogP contribution < -0.4 is 5.32 Å². The molecule has 0 atom stereocenters. The largest absolute Gasteiger partial charge is 0.401 e. The van der Waals surface area contributed by atoms with E-state index in [4.69, 9.17) is 9.63 Å². The molecule has 0 radical (unpaired) electrons. The van der Waals surface area contributed by atoms with E-state index in [-0.39, 0.29) is 43.0 Å². The van der Waals surface area contributed by atoms with Crippen molar-refractivity contribution in [3.05, 3.63) is 77.1 Å². The van der Waals surface area contributed by atoms with Crippen molar-refractivity contribution in [2.24, 2.45) is 0 Å². The maximum atomic E-state index is 14.8. The molecule has 0 bridgehead atoms. The molecule has 3 aromatic heterocycles. The summed E-state index contributed by atoms with van der Waals surface area (Å²) in [5.74, 6) is -1.23. The Hall–Kier alpha value is -4.13. The molecule has 5 rings (SSSR count). The van der Waals surface area contributed by atoms with Crippen LogP contribution in [0.1, 0.15) is 41.2 Å². The van der Waals surface area contributed by atoms with Crippen LogP contribution in [0, 0.1) is 12.7 Å². The van der Waals surface area contributed by atoms with Gasteiger partial charge < -0.3 is 14.9 Å². The number of amides is 1. The maximum absolute atomic E-state index is 14.8. The second kappa shape index (κ2) is 10.2. The Labute approximate surface area is 219 Å². The number of aliphatic hydroxyl groups excluding tert-OH is 1. The number of alkyl halides is 3. The Morgan fingerprint density at radius 1 is 1.15 bits per heavy atom. The van der Waals surface area contributed by atoms with Gasteiger partial charge in [0, 0.05) is 42.2 Å². The number of nitrogens with one attached hydrogen (secondary N) is 1. The highest BCUT2D eigenvalue weighted by Gasteiger charge is 2.66. The highest BCUT2D eigenvalue weighted by molar-refractivity contribution is 5.91. The highest BCUT2D eigenvalue weighted by Crippen LogP contribution is 2.59. The molecule has 0 aliphatic heterocycles. The van der Waals surface area contributed by atoms with Crippen molar-refractivity contribution >= 4 is 11.7 Å². The van der Waals surface area contributed by atoms with E-state index < -0.39 is 23.3 Å². The quantitative estimate of drug-likeness (QED) is 0.304. The third-order valence-corrected chi connectivity index (χ3v) is 6.71. The zero-order valence-electron chi connectivity index (χ0n) is 20.8. The average molecular weight is 545 g/mol. The SMILES string of the molecule is Cc1nn(CCO)cc1Cc1ncc(-c2ccc(CC(=O)Nc3cc(C4(C(F)(F)F)CC4)on3)c(F)c2)cn1. The normalized spacial score (nSPS) is 14.4. The number of aryl methyl sites for hydroxylation is 1. The summed E-state index contributed by atoms with van der Waals surface area (Å²) >= 11 is 0. The average Bonchev–Trinajstić information content (AvgIpc) is 3.48. The lowest BCUT2D eigenvalue weighted by molar-refractivity contribution is -0.165. The second-order valence-electron chi connectivity index (χ2n) is 9.48. The minimum Gasteiger partial charge on any atom is -0.394 e. The first-order valence-corrected chi connectivity index (χ1v) is 12.2. The molecule has 2 N–H and O–H groups in total. The van der Waals surface area contributed by atoms with Gasteiger partial charge in [0.2, 0.25) is 5.91 Å². The highest BCUT2D eigenvalue weighted by atomic mass is 19.4. The Bertz CT molecular complexity index is 1490. The van der Waals surface area contributed by atoms with Crippen LogP contribution in [0.15, 0.2) is 47.4 Å². The summed E-state index contributed by atoms with van der Waals surface area (Å²) < 4.78 is 61.1. The van der Waals surface area contributed by atoms with Gasteiger partial charge >= 0.3 is 6.18 Å². The summed E-state index contributed by atoms with van der Waals surface area (Å²) in [6.45, 7) is 2.25. The maximum Gasteiger partial charge on any atom is 0.401 e. The van der Waals surface area contributed by atoms with Gasteiger partial charge in [0.15, 0.2) is 11.6 Å². The summed E-state index contributed by atoms with van der Waals surface area (Å²) in [6, 6.07) is 5.40. The van der Waals surface area contributed by atoms with Crippen molar-refractivity contribution in [1.82, 2.24) is 24.9 Å². The summed E-state index contributed by atoms with van der Waals surface area (Å²) in [5.41, 5.74) is 0.888. The fourth-order valence-corrected chi connectivity index (χ4v) is 4.30. The molecule has 1 amide bonds. The number of aliphatic hydroxyl groups is 1. The minimum absolute atomic E-state index is 0.0137. The molecule has 39 heavy (non-hydrogen) atoms. The van der Waals surface area contributed by atoms with E-state index in [0.717, 1.165) is 17.3 Å². The van der Waals surface area contributed by atoms with E-state index in [1.54, 1.807) is 23.1 Å². The molecule has 9 nitrogen and oxygen atoms in total. The van der Waals surface area contributed by atoms with Gasteiger partial charge in [-0.1, -0.05) is 17.3 Å². The van der Waals surface area contributed by atoms with Gasteiger partial charge in [0.25, 0.3) is 0 Å². The van der Waals surface area contributed by atoms with Gasteiger partial charge in [-0.25, -0.2) is 14.4 Å². The number of hydrogen-bond donors (Lipinski definition) is 2. The fourth-order valence-electron chi connectivity index (χ4n) is 4.30. The molecule has 1 aliphatic rings. The lowest BCUT2D eigenvalue weighted by Gasteiger charge is -2.14. The van der Waals surface area contributed by atoms with E-state index in [1.165, 1.54) is 12.1 Å². The molecule has 4 aromatic rings. The van der Waals surface area contributed by atoms with Crippen LogP contribution in [-0.2, 0) is 29.6 Å². The summed E-state index contributed by atoms with van der Waals surface area (Å²) in [4.78, 5) is 21.1.